The van der Waals surface area contributed by atoms with Crippen LogP contribution in [0.5, 0.6) is 0 Å². The predicted molar refractivity (Wildman–Crippen MR) is 73.2 cm³/mol. The maximum absolute atomic E-state index is 12.4. The molecular formula is C13H22N4O2. The number of nitrogens with one attached hydrogen (secondary N) is 3. The number of aromatic nitrogens is 2. The van der Waals surface area contributed by atoms with E-state index in [0.717, 1.165) is 13.0 Å². The van der Waals surface area contributed by atoms with Gasteiger partial charge in [-0.1, -0.05) is 6.42 Å². The summed E-state index contributed by atoms with van der Waals surface area (Å²) in [7, 11) is 0. The van der Waals surface area contributed by atoms with Crippen molar-refractivity contribution in [2.75, 3.05) is 13.1 Å². The predicted octanol–water partition coefficient (Wildman–Crippen LogP) is 0.696. The van der Waals surface area contributed by atoms with E-state index in [1.165, 1.54) is 19.0 Å². The van der Waals surface area contributed by atoms with E-state index in [1.54, 1.807) is 0 Å². The van der Waals surface area contributed by atoms with Gasteiger partial charge in [-0.05, 0) is 33.2 Å². The Morgan fingerprint density at radius 2 is 2.26 bits per heavy atom. The molecule has 0 radical (unpaired) electrons. The molecule has 19 heavy (non-hydrogen) atoms. The van der Waals surface area contributed by atoms with Crippen molar-refractivity contribution in [3.05, 3.63) is 22.4 Å². The van der Waals surface area contributed by atoms with Crippen molar-refractivity contribution in [3.8, 4) is 0 Å². The molecule has 1 atom stereocenters. The summed E-state index contributed by atoms with van der Waals surface area (Å²) in [6.07, 6.45) is 4.95. The topological polar surface area (TPSA) is 81.0 Å². The highest BCUT2D eigenvalue weighted by Gasteiger charge is 2.24. The Morgan fingerprint density at radius 1 is 1.47 bits per heavy atom. The molecule has 106 valence electrons. The largest absolute Gasteiger partial charge is 0.333 e. The summed E-state index contributed by atoms with van der Waals surface area (Å²) in [4.78, 5) is 30.3. The fraction of sp³-hybridized carbons (Fsp3) is 0.692. The van der Waals surface area contributed by atoms with Gasteiger partial charge in [-0.2, -0.15) is 0 Å². The minimum absolute atomic E-state index is 0.106. The molecule has 2 rings (SSSR count). The van der Waals surface area contributed by atoms with Crippen LogP contribution in [0.3, 0.4) is 0 Å². The van der Waals surface area contributed by atoms with Crippen LogP contribution in [0.25, 0.3) is 0 Å². The van der Waals surface area contributed by atoms with Crippen molar-refractivity contribution in [2.24, 2.45) is 0 Å². The fourth-order valence-electron chi connectivity index (χ4n) is 2.45. The SMILES string of the molecule is CC(C)N(CC1CCCCN1)C(=O)c1c[nH]c(=O)[nH]1. The maximum atomic E-state index is 12.4. The number of piperidine rings is 1. The van der Waals surface area contributed by atoms with Gasteiger partial charge < -0.3 is 20.2 Å². The second-order valence-electron chi connectivity index (χ2n) is 5.35. The molecule has 0 bridgehead atoms. The van der Waals surface area contributed by atoms with Gasteiger partial charge >= 0.3 is 5.69 Å². The molecule has 6 nitrogen and oxygen atoms in total. The van der Waals surface area contributed by atoms with Gasteiger partial charge in [0, 0.05) is 24.8 Å². The average Bonchev–Trinajstić information content (AvgIpc) is 2.83. The lowest BCUT2D eigenvalue weighted by Gasteiger charge is -2.32. The molecule has 1 aromatic rings. The summed E-state index contributed by atoms with van der Waals surface area (Å²) in [6, 6.07) is 0.459. The van der Waals surface area contributed by atoms with E-state index < -0.39 is 0 Å². The van der Waals surface area contributed by atoms with E-state index in [-0.39, 0.29) is 17.6 Å². The summed E-state index contributed by atoms with van der Waals surface area (Å²) >= 11 is 0. The minimum atomic E-state index is -0.345. The highest BCUT2D eigenvalue weighted by Crippen LogP contribution is 2.12. The van der Waals surface area contributed by atoms with Crippen LogP contribution in [0.1, 0.15) is 43.6 Å². The molecule has 0 aliphatic carbocycles. The summed E-state index contributed by atoms with van der Waals surface area (Å²) < 4.78 is 0. The number of H-pyrrole nitrogens is 2. The summed E-state index contributed by atoms with van der Waals surface area (Å²) in [5, 5.41) is 3.44. The molecule has 6 heteroatoms. The van der Waals surface area contributed by atoms with Gasteiger partial charge in [-0.3, -0.25) is 4.79 Å². The molecule has 1 aliphatic heterocycles. The standard InChI is InChI=1S/C13H22N4O2/c1-9(2)17(8-10-5-3-4-6-14-10)12(18)11-7-15-13(19)16-11/h7,9-10,14H,3-6,8H2,1-2H3,(H2,15,16,19). The molecule has 1 aromatic heterocycles. The zero-order chi connectivity index (χ0) is 13.8. The van der Waals surface area contributed by atoms with E-state index in [4.69, 9.17) is 0 Å². The summed E-state index contributed by atoms with van der Waals surface area (Å²) in [5.41, 5.74) is -0.0163. The van der Waals surface area contributed by atoms with Crippen LogP contribution in [0.4, 0.5) is 0 Å². The number of imidazole rings is 1. The van der Waals surface area contributed by atoms with Crippen molar-refractivity contribution in [1.82, 2.24) is 20.2 Å². The second kappa shape index (κ2) is 6.06. The van der Waals surface area contributed by atoms with E-state index in [1.807, 2.05) is 18.7 Å². The molecule has 0 spiro atoms. The Kier molecular flexibility index (Phi) is 4.42. The zero-order valence-corrected chi connectivity index (χ0v) is 11.5. The highest BCUT2D eigenvalue weighted by atomic mass is 16.2. The van der Waals surface area contributed by atoms with Gasteiger partial charge in [0.2, 0.25) is 0 Å². The highest BCUT2D eigenvalue weighted by molar-refractivity contribution is 5.92. The van der Waals surface area contributed by atoms with Gasteiger partial charge in [-0.15, -0.1) is 0 Å². The van der Waals surface area contributed by atoms with E-state index in [9.17, 15) is 9.59 Å². The van der Waals surface area contributed by atoms with Crippen molar-refractivity contribution in [3.63, 3.8) is 0 Å². The first-order valence-electron chi connectivity index (χ1n) is 6.90. The van der Waals surface area contributed by atoms with Crippen molar-refractivity contribution < 1.29 is 4.79 Å². The first kappa shape index (κ1) is 13.9. The smallest absolute Gasteiger partial charge is 0.323 e. The second-order valence-corrected chi connectivity index (χ2v) is 5.35. The molecule has 3 N–H and O–H groups in total. The molecule has 1 fully saturated rings. The van der Waals surface area contributed by atoms with Gasteiger partial charge in [0.1, 0.15) is 5.69 Å². The number of hydrogen-bond donors (Lipinski definition) is 3. The Labute approximate surface area is 112 Å². The molecule has 0 saturated carbocycles. The van der Waals surface area contributed by atoms with Gasteiger partial charge in [0.15, 0.2) is 0 Å². The summed E-state index contributed by atoms with van der Waals surface area (Å²) in [6.45, 7) is 5.69. The Bertz CT molecular complexity index is 471. The lowest BCUT2D eigenvalue weighted by atomic mass is 10.0. The molecular weight excluding hydrogens is 244 g/mol. The third-order valence-corrected chi connectivity index (χ3v) is 3.54. The van der Waals surface area contributed by atoms with Crippen LogP contribution in [-0.2, 0) is 0 Å². The van der Waals surface area contributed by atoms with Crippen LogP contribution in [-0.4, -0.2) is 45.9 Å². The van der Waals surface area contributed by atoms with Crippen molar-refractivity contribution >= 4 is 5.91 Å². The van der Waals surface area contributed by atoms with Crippen molar-refractivity contribution in [2.45, 2.75) is 45.2 Å². The monoisotopic (exact) mass is 266 g/mol. The van der Waals surface area contributed by atoms with Gasteiger partial charge in [-0.25, -0.2) is 4.79 Å². The fourth-order valence-corrected chi connectivity index (χ4v) is 2.45. The molecule has 1 unspecified atom stereocenters. The number of carbonyl (C=O) groups excluding carboxylic acids is 1. The average molecular weight is 266 g/mol. The van der Waals surface area contributed by atoms with Crippen LogP contribution in [0, 0.1) is 0 Å². The number of nitrogens with zero attached hydrogens (tertiary/aromatic N) is 1. The first-order valence-corrected chi connectivity index (χ1v) is 6.90. The third kappa shape index (κ3) is 3.47. The number of amides is 1. The van der Waals surface area contributed by atoms with Gasteiger partial charge in [0.25, 0.3) is 5.91 Å². The number of rotatable bonds is 4. The molecule has 0 aromatic carbocycles. The Balaban J connectivity index is 2.06. The van der Waals surface area contributed by atoms with Crippen LogP contribution >= 0.6 is 0 Å². The number of hydrogen-bond acceptors (Lipinski definition) is 3. The number of carbonyl (C=O) groups is 1. The van der Waals surface area contributed by atoms with E-state index in [0.29, 0.717) is 18.3 Å². The van der Waals surface area contributed by atoms with E-state index in [2.05, 4.69) is 15.3 Å². The lowest BCUT2D eigenvalue weighted by molar-refractivity contribution is 0.0671. The molecule has 1 aliphatic rings. The first-order chi connectivity index (χ1) is 9.08. The zero-order valence-electron chi connectivity index (χ0n) is 11.5. The van der Waals surface area contributed by atoms with Gasteiger partial charge in [0.05, 0.1) is 0 Å². The van der Waals surface area contributed by atoms with Crippen LogP contribution < -0.4 is 11.0 Å². The summed E-state index contributed by atoms with van der Waals surface area (Å²) in [5.74, 6) is -0.124. The molecule has 1 amide bonds. The number of aromatic amines is 2. The molecule has 1 saturated heterocycles. The third-order valence-electron chi connectivity index (χ3n) is 3.54. The van der Waals surface area contributed by atoms with Crippen molar-refractivity contribution in [1.29, 1.82) is 0 Å². The quantitative estimate of drug-likeness (QED) is 0.750. The normalized spacial score (nSPS) is 19.6. The Hall–Kier alpha value is -1.56. The minimum Gasteiger partial charge on any atom is -0.333 e. The van der Waals surface area contributed by atoms with Crippen LogP contribution in [0.2, 0.25) is 0 Å². The van der Waals surface area contributed by atoms with E-state index >= 15 is 0 Å². The Morgan fingerprint density at radius 3 is 2.79 bits per heavy atom. The molecule has 2 heterocycles. The maximum Gasteiger partial charge on any atom is 0.323 e. The lowest BCUT2D eigenvalue weighted by Crippen LogP contribution is -2.48. The van der Waals surface area contributed by atoms with Crippen LogP contribution in [0.15, 0.2) is 11.0 Å².